The summed E-state index contributed by atoms with van der Waals surface area (Å²) in [6, 6.07) is 13.5. The number of carbonyl (C=O) groups excluding carboxylic acids is 1. The number of carbonyl (C=O) groups is 1. The van der Waals surface area contributed by atoms with Gasteiger partial charge in [0.2, 0.25) is 0 Å². The molecule has 7 atom stereocenters. The lowest BCUT2D eigenvalue weighted by atomic mass is 9.69. The second-order valence-electron chi connectivity index (χ2n) is 11.7. The molecule has 0 radical (unpaired) electrons. The molecular formula is C29H34N2O6S. The van der Waals surface area contributed by atoms with Crippen molar-refractivity contribution in [2.75, 3.05) is 0 Å². The lowest BCUT2D eigenvalue weighted by molar-refractivity contribution is -0.256. The summed E-state index contributed by atoms with van der Waals surface area (Å²) >= 11 is 0. The molecule has 0 spiro atoms. The monoisotopic (exact) mass is 538 g/mol. The lowest BCUT2D eigenvalue weighted by Crippen LogP contribution is -2.62. The Morgan fingerprint density at radius 3 is 2.63 bits per heavy atom. The van der Waals surface area contributed by atoms with E-state index in [0.29, 0.717) is 17.9 Å². The Morgan fingerprint density at radius 2 is 1.92 bits per heavy atom. The largest absolute Gasteiger partial charge is 0.455 e. The zero-order valence-electron chi connectivity index (χ0n) is 22.1. The van der Waals surface area contributed by atoms with E-state index < -0.39 is 33.7 Å². The van der Waals surface area contributed by atoms with Crippen LogP contribution in [-0.4, -0.2) is 46.8 Å². The minimum atomic E-state index is -4.11. The van der Waals surface area contributed by atoms with Crippen molar-refractivity contribution in [3.63, 3.8) is 0 Å². The zero-order valence-corrected chi connectivity index (χ0v) is 22.9. The summed E-state index contributed by atoms with van der Waals surface area (Å²) in [5.41, 5.74) is -1.22. The molecule has 2 saturated heterocycles. The van der Waals surface area contributed by atoms with Crippen molar-refractivity contribution in [2.24, 2.45) is 23.7 Å². The Hall–Kier alpha value is -2.75. The molecule has 38 heavy (non-hydrogen) atoms. The number of imidazole rings is 1. The highest BCUT2D eigenvalue weighted by atomic mass is 32.2. The number of ether oxygens (including phenoxy) is 2. The molecule has 2 bridgehead atoms. The highest BCUT2D eigenvalue weighted by Gasteiger charge is 2.72. The highest BCUT2D eigenvalue weighted by molar-refractivity contribution is 7.85. The van der Waals surface area contributed by atoms with Crippen LogP contribution in [-0.2, 0) is 24.0 Å². The van der Waals surface area contributed by atoms with Crippen molar-refractivity contribution in [3.05, 3.63) is 66.7 Å². The number of fused-ring (bicyclic) bond motifs is 5. The third kappa shape index (κ3) is 3.81. The molecule has 2 aliphatic heterocycles. The van der Waals surface area contributed by atoms with Gasteiger partial charge in [0.05, 0.1) is 11.2 Å². The van der Waals surface area contributed by atoms with E-state index in [0.717, 1.165) is 27.6 Å². The number of rotatable bonds is 6. The van der Waals surface area contributed by atoms with Gasteiger partial charge in [-0.1, -0.05) is 51.1 Å². The van der Waals surface area contributed by atoms with Gasteiger partial charge in [-0.05, 0) is 60.4 Å². The average Bonchev–Trinajstić information content (AvgIpc) is 3.61. The second kappa shape index (κ2) is 8.89. The second-order valence-corrected chi connectivity index (χ2v) is 13.1. The SMILES string of the molecule is CC1CCC2C1C(OC(=O)c1ccc3ccccc3c1)C1(C(C)C)CC(OS(=O)(=O)n3ccnc3)C2(C)O1. The number of esters is 1. The fraction of sp³-hybridized carbons (Fsp3) is 0.517. The first kappa shape index (κ1) is 25.5. The van der Waals surface area contributed by atoms with E-state index in [9.17, 15) is 13.2 Å². The Kier molecular flexibility index (Phi) is 5.97. The van der Waals surface area contributed by atoms with E-state index >= 15 is 0 Å². The van der Waals surface area contributed by atoms with Gasteiger partial charge < -0.3 is 9.47 Å². The maximum Gasteiger partial charge on any atom is 0.367 e. The summed E-state index contributed by atoms with van der Waals surface area (Å²) in [5, 5.41) is 2.03. The van der Waals surface area contributed by atoms with E-state index in [1.54, 1.807) is 6.07 Å². The van der Waals surface area contributed by atoms with Crippen LogP contribution < -0.4 is 0 Å². The zero-order chi connectivity index (χ0) is 26.9. The first-order valence-electron chi connectivity index (χ1n) is 13.4. The van der Waals surface area contributed by atoms with Crippen LogP contribution in [0.2, 0.25) is 0 Å². The quantitative estimate of drug-likeness (QED) is 0.408. The molecule has 3 aliphatic rings. The fourth-order valence-electron chi connectivity index (χ4n) is 7.29. The predicted molar refractivity (Wildman–Crippen MR) is 142 cm³/mol. The van der Waals surface area contributed by atoms with Gasteiger partial charge in [-0.2, -0.15) is 8.42 Å². The summed E-state index contributed by atoms with van der Waals surface area (Å²) in [4.78, 5) is 17.5. The minimum Gasteiger partial charge on any atom is -0.455 e. The number of hydrogen-bond donors (Lipinski definition) is 0. The molecule has 1 aliphatic carbocycles. The maximum absolute atomic E-state index is 13.6. The number of hydrogen-bond acceptors (Lipinski definition) is 7. The minimum absolute atomic E-state index is 0.00994. The summed E-state index contributed by atoms with van der Waals surface area (Å²) in [5.74, 6) is -0.120. The third-order valence-electron chi connectivity index (χ3n) is 9.35. The van der Waals surface area contributed by atoms with Gasteiger partial charge in [0.25, 0.3) is 0 Å². The molecular weight excluding hydrogens is 504 g/mol. The van der Waals surface area contributed by atoms with Crippen molar-refractivity contribution in [1.29, 1.82) is 0 Å². The molecule has 3 fully saturated rings. The van der Waals surface area contributed by atoms with Crippen molar-refractivity contribution < 1.29 is 26.9 Å². The van der Waals surface area contributed by atoms with Crippen LogP contribution in [0.4, 0.5) is 0 Å². The molecule has 0 amide bonds. The van der Waals surface area contributed by atoms with Gasteiger partial charge in [-0.25, -0.2) is 17.9 Å². The van der Waals surface area contributed by atoms with Gasteiger partial charge in [-0.15, -0.1) is 0 Å². The summed E-state index contributed by atoms with van der Waals surface area (Å²) in [6.07, 6.45) is 4.84. The lowest BCUT2D eigenvalue weighted by Gasteiger charge is -2.53. The highest BCUT2D eigenvalue weighted by Crippen LogP contribution is 2.63. The molecule has 9 heteroatoms. The molecule has 7 unspecified atom stereocenters. The van der Waals surface area contributed by atoms with Crippen molar-refractivity contribution in [1.82, 2.24) is 8.96 Å². The third-order valence-corrected chi connectivity index (χ3v) is 10.6. The van der Waals surface area contributed by atoms with Crippen LogP contribution in [0.1, 0.15) is 57.3 Å². The molecule has 0 N–H and O–H groups in total. The Morgan fingerprint density at radius 1 is 1.16 bits per heavy atom. The van der Waals surface area contributed by atoms with Gasteiger partial charge >= 0.3 is 16.3 Å². The van der Waals surface area contributed by atoms with Crippen LogP contribution in [0.3, 0.4) is 0 Å². The number of benzene rings is 2. The Balaban J connectivity index is 1.37. The van der Waals surface area contributed by atoms with Gasteiger partial charge in [0.1, 0.15) is 24.1 Å². The van der Waals surface area contributed by atoms with E-state index in [2.05, 4.69) is 11.9 Å². The molecule has 8 nitrogen and oxygen atoms in total. The molecule has 3 aromatic rings. The van der Waals surface area contributed by atoms with Crippen LogP contribution >= 0.6 is 0 Å². The molecule has 2 aromatic carbocycles. The number of nitrogens with zero attached hydrogens (tertiary/aromatic N) is 2. The average molecular weight is 539 g/mol. The summed E-state index contributed by atoms with van der Waals surface area (Å²) in [7, 11) is -4.11. The van der Waals surface area contributed by atoms with Crippen molar-refractivity contribution in [3.8, 4) is 0 Å². The van der Waals surface area contributed by atoms with E-state index in [1.807, 2.05) is 57.2 Å². The van der Waals surface area contributed by atoms with Crippen LogP contribution in [0.5, 0.6) is 0 Å². The standard InChI is InChI=1S/C29H34N2O6S/c1-18(2)29-16-24(36-38(33,34)31-14-13-30-17-31)28(4,37-29)23-12-9-19(3)25(23)26(29)35-27(32)22-11-10-20-7-5-6-8-21(20)15-22/h5-8,10-11,13-15,17-19,23-26H,9,12,16H2,1-4H3. The van der Waals surface area contributed by atoms with Gasteiger partial charge in [0, 0.05) is 24.7 Å². The first-order valence-corrected chi connectivity index (χ1v) is 14.7. The van der Waals surface area contributed by atoms with E-state index in [1.165, 1.54) is 18.7 Å². The molecule has 1 saturated carbocycles. The van der Waals surface area contributed by atoms with E-state index in [-0.39, 0.29) is 23.7 Å². The van der Waals surface area contributed by atoms with Crippen LogP contribution in [0.25, 0.3) is 10.8 Å². The van der Waals surface area contributed by atoms with Crippen LogP contribution in [0, 0.1) is 23.7 Å². The first-order chi connectivity index (χ1) is 18.0. The normalized spacial score (nSPS) is 34.5. The maximum atomic E-state index is 13.6. The summed E-state index contributed by atoms with van der Waals surface area (Å²) < 4.78 is 46.4. The molecule has 202 valence electrons. The molecule has 3 heterocycles. The van der Waals surface area contributed by atoms with Crippen molar-refractivity contribution >= 4 is 27.0 Å². The smallest absolute Gasteiger partial charge is 0.367 e. The summed E-state index contributed by atoms with van der Waals surface area (Å²) in [6.45, 7) is 8.26. The predicted octanol–water partition coefficient (Wildman–Crippen LogP) is 4.99. The Labute approximate surface area is 223 Å². The van der Waals surface area contributed by atoms with E-state index in [4.69, 9.17) is 13.7 Å². The van der Waals surface area contributed by atoms with Crippen molar-refractivity contribution in [2.45, 2.75) is 70.4 Å². The van der Waals surface area contributed by atoms with Gasteiger partial charge in [0.15, 0.2) is 0 Å². The Bertz CT molecular complexity index is 1470. The number of aromatic nitrogens is 2. The molecule has 6 rings (SSSR count). The fourth-order valence-corrected chi connectivity index (χ4v) is 8.32. The topological polar surface area (TPSA) is 96.7 Å². The van der Waals surface area contributed by atoms with Gasteiger partial charge in [-0.3, -0.25) is 0 Å². The molecule has 1 aromatic heterocycles. The van der Waals surface area contributed by atoms with Crippen LogP contribution in [0.15, 0.2) is 61.2 Å².